The molecule has 4 heteroatoms. The number of furan rings is 1. The molecule has 2 heterocycles. The van der Waals surface area contributed by atoms with Crippen LogP contribution in [0.25, 0.3) is 11.0 Å². The average Bonchev–Trinajstić information content (AvgIpc) is 3.03. The van der Waals surface area contributed by atoms with Crippen LogP contribution in [0.2, 0.25) is 0 Å². The molecule has 2 aromatic heterocycles. The molecular formula is C14H15N3O. The first-order chi connectivity index (χ1) is 8.92. The van der Waals surface area contributed by atoms with E-state index < -0.39 is 0 Å². The van der Waals surface area contributed by atoms with Crippen LogP contribution in [0.5, 0.6) is 0 Å². The Hall–Kier alpha value is -2.07. The second kappa shape index (κ2) is 5.06. The summed E-state index contributed by atoms with van der Waals surface area (Å²) >= 11 is 0. The lowest BCUT2D eigenvalue weighted by molar-refractivity contribution is 0.502. The molecule has 3 aromatic rings. The molecule has 4 nitrogen and oxygen atoms in total. The van der Waals surface area contributed by atoms with E-state index in [1.165, 1.54) is 0 Å². The van der Waals surface area contributed by atoms with Crippen LogP contribution in [0.4, 0.5) is 0 Å². The van der Waals surface area contributed by atoms with Gasteiger partial charge in [-0.3, -0.25) is 0 Å². The monoisotopic (exact) mass is 241 g/mol. The van der Waals surface area contributed by atoms with Crippen LogP contribution < -0.4 is 5.32 Å². The van der Waals surface area contributed by atoms with Crippen LogP contribution in [0, 0.1) is 0 Å². The van der Waals surface area contributed by atoms with Crippen LogP contribution in [0.3, 0.4) is 0 Å². The van der Waals surface area contributed by atoms with Crippen molar-refractivity contribution < 1.29 is 4.42 Å². The van der Waals surface area contributed by atoms with Crippen LogP contribution in [-0.4, -0.2) is 16.1 Å². The number of aromatic nitrogens is 2. The van der Waals surface area contributed by atoms with Crippen molar-refractivity contribution in [2.24, 2.45) is 0 Å². The molecule has 0 atom stereocenters. The number of fused-ring (bicyclic) bond motifs is 1. The highest BCUT2D eigenvalue weighted by Gasteiger charge is 2.01. The zero-order chi connectivity index (χ0) is 12.2. The van der Waals surface area contributed by atoms with Gasteiger partial charge in [-0.25, -0.2) is 4.98 Å². The topological polar surface area (TPSA) is 43.0 Å². The van der Waals surface area contributed by atoms with Crippen LogP contribution in [0.1, 0.15) is 5.76 Å². The van der Waals surface area contributed by atoms with Crippen LogP contribution >= 0.6 is 0 Å². The maximum absolute atomic E-state index is 5.72. The summed E-state index contributed by atoms with van der Waals surface area (Å²) in [5, 5.41) is 4.51. The predicted octanol–water partition coefficient (Wildman–Crippen LogP) is 2.42. The molecule has 0 fully saturated rings. The van der Waals surface area contributed by atoms with E-state index in [0.717, 1.165) is 36.4 Å². The second-order valence-electron chi connectivity index (χ2n) is 4.23. The van der Waals surface area contributed by atoms with Gasteiger partial charge in [0.05, 0.1) is 12.9 Å². The molecule has 3 rings (SSSR count). The molecule has 1 aromatic carbocycles. The molecule has 0 unspecified atom stereocenters. The fourth-order valence-electron chi connectivity index (χ4n) is 1.96. The molecule has 0 aliphatic heterocycles. The number of para-hydroxylation sites is 1. The normalized spacial score (nSPS) is 11.1. The van der Waals surface area contributed by atoms with E-state index in [1.54, 1.807) is 6.20 Å². The van der Waals surface area contributed by atoms with E-state index in [4.69, 9.17) is 4.42 Å². The smallest absolute Gasteiger partial charge is 0.134 e. The molecular weight excluding hydrogens is 226 g/mol. The van der Waals surface area contributed by atoms with Crippen molar-refractivity contribution in [1.29, 1.82) is 0 Å². The van der Waals surface area contributed by atoms with Gasteiger partial charge in [-0.05, 0) is 12.1 Å². The van der Waals surface area contributed by atoms with Crippen LogP contribution in [0.15, 0.2) is 53.5 Å². The van der Waals surface area contributed by atoms with Crippen molar-refractivity contribution in [2.75, 3.05) is 6.54 Å². The Morgan fingerprint density at radius 1 is 1.28 bits per heavy atom. The van der Waals surface area contributed by atoms with E-state index in [0.29, 0.717) is 0 Å². The van der Waals surface area contributed by atoms with Crippen molar-refractivity contribution in [3.8, 4) is 0 Å². The molecule has 0 amide bonds. The highest BCUT2D eigenvalue weighted by molar-refractivity contribution is 5.77. The van der Waals surface area contributed by atoms with E-state index in [2.05, 4.69) is 22.4 Å². The lowest BCUT2D eigenvalue weighted by Crippen LogP contribution is -2.18. The molecule has 92 valence electrons. The van der Waals surface area contributed by atoms with Crippen molar-refractivity contribution in [3.63, 3.8) is 0 Å². The first-order valence-electron chi connectivity index (χ1n) is 6.06. The van der Waals surface area contributed by atoms with Gasteiger partial charge in [0.25, 0.3) is 0 Å². The Morgan fingerprint density at radius 3 is 3.06 bits per heavy atom. The molecule has 18 heavy (non-hydrogen) atoms. The van der Waals surface area contributed by atoms with E-state index in [9.17, 15) is 0 Å². The molecule has 0 saturated heterocycles. The highest BCUT2D eigenvalue weighted by atomic mass is 16.3. The molecule has 0 aliphatic carbocycles. The fraction of sp³-hybridized carbons (Fsp3) is 0.214. The van der Waals surface area contributed by atoms with Crippen molar-refractivity contribution in [2.45, 2.75) is 13.1 Å². The highest BCUT2D eigenvalue weighted by Crippen LogP contribution is 2.18. The summed E-state index contributed by atoms with van der Waals surface area (Å²) in [7, 11) is 0. The quantitative estimate of drug-likeness (QED) is 0.698. The molecule has 0 bridgehead atoms. The van der Waals surface area contributed by atoms with E-state index in [1.807, 2.05) is 35.3 Å². The van der Waals surface area contributed by atoms with Gasteiger partial charge in [-0.1, -0.05) is 18.2 Å². The minimum Gasteiger partial charge on any atom is -0.460 e. The summed E-state index contributed by atoms with van der Waals surface area (Å²) in [5.74, 6) is 0.974. The lowest BCUT2D eigenvalue weighted by Gasteiger charge is -2.03. The third kappa shape index (κ3) is 2.43. The summed E-state index contributed by atoms with van der Waals surface area (Å²) in [6.07, 6.45) is 5.57. The van der Waals surface area contributed by atoms with Gasteiger partial charge in [0.15, 0.2) is 0 Å². The van der Waals surface area contributed by atoms with Crippen LogP contribution in [-0.2, 0) is 13.1 Å². The molecule has 1 N–H and O–H groups in total. The zero-order valence-corrected chi connectivity index (χ0v) is 10.0. The van der Waals surface area contributed by atoms with Crippen molar-refractivity contribution in [1.82, 2.24) is 14.9 Å². The number of nitrogens with one attached hydrogen (secondary N) is 1. The van der Waals surface area contributed by atoms with Crippen molar-refractivity contribution in [3.05, 3.63) is 54.8 Å². The second-order valence-corrected chi connectivity index (χ2v) is 4.23. The Morgan fingerprint density at radius 2 is 2.22 bits per heavy atom. The Kier molecular flexibility index (Phi) is 3.10. The number of rotatable bonds is 5. The predicted molar refractivity (Wildman–Crippen MR) is 70.1 cm³/mol. The van der Waals surface area contributed by atoms with Gasteiger partial charge in [-0.2, -0.15) is 0 Å². The number of hydrogen-bond acceptors (Lipinski definition) is 3. The first kappa shape index (κ1) is 11.0. The summed E-state index contributed by atoms with van der Waals surface area (Å²) in [6.45, 7) is 2.57. The van der Waals surface area contributed by atoms with Gasteiger partial charge >= 0.3 is 0 Å². The zero-order valence-electron chi connectivity index (χ0n) is 10.0. The fourth-order valence-corrected chi connectivity index (χ4v) is 1.96. The number of imidazole rings is 1. The van der Waals surface area contributed by atoms with Gasteiger partial charge in [0.2, 0.25) is 0 Å². The maximum Gasteiger partial charge on any atom is 0.134 e. The summed E-state index contributed by atoms with van der Waals surface area (Å²) in [5.41, 5.74) is 0.948. The number of benzene rings is 1. The number of hydrogen-bond donors (Lipinski definition) is 1. The third-order valence-electron chi connectivity index (χ3n) is 2.88. The molecule has 0 radical (unpaired) electrons. The Balaban J connectivity index is 1.53. The Labute approximate surface area is 105 Å². The summed E-state index contributed by atoms with van der Waals surface area (Å²) in [4.78, 5) is 4.00. The minimum atomic E-state index is 0.753. The van der Waals surface area contributed by atoms with Gasteiger partial charge in [0.1, 0.15) is 11.3 Å². The SMILES string of the molecule is c1ccc2oc(CNCCn3ccnc3)cc2c1. The van der Waals surface area contributed by atoms with E-state index >= 15 is 0 Å². The average molecular weight is 241 g/mol. The third-order valence-corrected chi connectivity index (χ3v) is 2.88. The standard InChI is InChI=1S/C14H15N3O/c1-2-4-14-12(3-1)9-13(18-14)10-15-5-7-17-8-6-16-11-17/h1-4,6,8-9,11,15H,5,7,10H2. The molecule has 0 aliphatic rings. The lowest BCUT2D eigenvalue weighted by atomic mass is 10.2. The van der Waals surface area contributed by atoms with Gasteiger partial charge in [-0.15, -0.1) is 0 Å². The largest absolute Gasteiger partial charge is 0.460 e. The van der Waals surface area contributed by atoms with Crippen molar-refractivity contribution >= 4 is 11.0 Å². The Bertz CT molecular complexity index is 580. The summed E-state index contributed by atoms with van der Waals surface area (Å²) < 4.78 is 7.77. The molecule has 0 saturated carbocycles. The number of nitrogens with zero attached hydrogens (tertiary/aromatic N) is 2. The maximum atomic E-state index is 5.72. The molecule has 0 spiro atoms. The first-order valence-corrected chi connectivity index (χ1v) is 6.06. The van der Waals surface area contributed by atoms with Gasteiger partial charge < -0.3 is 14.3 Å². The summed E-state index contributed by atoms with van der Waals surface area (Å²) in [6, 6.07) is 10.1. The van der Waals surface area contributed by atoms with E-state index in [-0.39, 0.29) is 0 Å². The minimum absolute atomic E-state index is 0.753. The van der Waals surface area contributed by atoms with Gasteiger partial charge in [0, 0.05) is 30.9 Å².